The van der Waals surface area contributed by atoms with Crippen molar-refractivity contribution in [1.82, 2.24) is 0 Å². The Hall–Kier alpha value is -3.00. The van der Waals surface area contributed by atoms with Crippen LogP contribution in [0.15, 0.2) is 30.3 Å². The first-order valence-electron chi connectivity index (χ1n) is 7.27. The van der Waals surface area contributed by atoms with Crippen molar-refractivity contribution in [2.24, 2.45) is 0 Å². The summed E-state index contributed by atoms with van der Waals surface area (Å²) in [6.07, 6.45) is -1.26. The topological polar surface area (TPSA) is 100 Å². The smallest absolute Gasteiger partial charge is 0.279 e. The number of methoxy groups -OCH3 is 4. The lowest BCUT2D eigenvalue weighted by Crippen LogP contribution is -2.06. The van der Waals surface area contributed by atoms with E-state index in [0.717, 1.165) is 0 Å². The van der Waals surface area contributed by atoms with E-state index in [-0.39, 0.29) is 11.3 Å². The summed E-state index contributed by atoms with van der Waals surface area (Å²) in [7, 11) is 5.77. The van der Waals surface area contributed by atoms with Crippen molar-refractivity contribution in [3.63, 3.8) is 0 Å². The number of hydrogen-bond acceptors (Lipinski definition) is 7. The van der Waals surface area contributed by atoms with Gasteiger partial charge in [0.15, 0.2) is 11.5 Å². The van der Waals surface area contributed by atoms with Gasteiger partial charge >= 0.3 is 0 Å². The maximum Gasteiger partial charge on any atom is 0.279 e. The molecule has 25 heavy (non-hydrogen) atoms. The molecule has 2 aromatic rings. The summed E-state index contributed by atoms with van der Waals surface area (Å²) >= 11 is 0. The predicted octanol–water partition coefficient (Wildman–Crippen LogP) is 2.71. The van der Waals surface area contributed by atoms with E-state index in [4.69, 9.17) is 18.9 Å². The summed E-state index contributed by atoms with van der Waals surface area (Å²) in [4.78, 5) is 10.8. The van der Waals surface area contributed by atoms with Crippen LogP contribution >= 0.6 is 0 Å². The Morgan fingerprint density at radius 2 is 1.56 bits per heavy atom. The molecule has 134 valence electrons. The number of rotatable bonds is 7. The van der Waals surface area contributed by atoms with Crippen molar-refractivity contribution >= 4 is 5.69 Å². The zero-order valence-corrected chi connectivity index (χ0v) is 14.3. The number of ether oxygens (including phenoxy) is 4. The largest absolute Gasteiger partial charge is 0.497 e. The molecule has 0 amide bonds. The molecule has 8 nitrogen and oxygen atoms in total. The van der Waals surface area contributed by atoms with Gasteiger partial charge in [0, 0.05) is 0 Å². The van der Waals surface area contributed by atoms with Gasteiger partial charge in [-0.1, -0.05) is 0 Å². The molecule has 0 bridgehead atoms. The van der Waals surface area contributed by atoms with Gasteiger partial charge < -0.3 is 24.1 Å². The van der Waals surface area contributed by atoms with E-state index in [1.165, 1.54) is 40.6 Å². The number of nitrogens with zero attached hydrogens (tertiary/aromatic N) is 1. The average Bonchev–Trinajstić information content (AvgIpc) is 2.65. The third-order valence-electron chi connectivity index (χ3n) is 3.73. The number of nitro benzene ring substituents is 1. The molecule has 2 aromatic carbocycles. The number of aliphatic hydroxyl groups is 1. The van der Waals surface area contributed by atoms with E-state index < -0.39 is 11.0 Å². The van der Waals surface area contributed by atoms with Crippen LogP contribution in [0.25, 0.3) is 0 Å². The monoisotopic (exact) mass is 349 g/mol. The molecule has 0 aliphatic heterocycles. The first-order valence-corrected chi connectivity index (χ1v) is 7.27. The van der Waals surface area contributed by atoms with Crippen LogP contribution in [-0.2, 0) is 0 Å². The van der Waals surface area contributed by atoms with Crippen molar-refractivity contribution in [1.29, 1.82) is 0 Å². The Kier molecular flexibility index (Phi) is 5.66. The van der Waals surface area contributed by atoms with Gasteiger partial charge in [-0.25, -0.2) is 0 Å². The quantitative estimate of drug-likeness (QED) is 0.606. The Morgan fingerprint density at radius 1 is 0.960 bits per heavy atom. The molecule has 0 heterocycles. The molecule has 0 aromatic heterocycles. The second-order valence-electron chi connectivity index (χ2n) is 5.04. The van der Waals surface area contributed by atoms with E-state index in [2.05, 4.69) is 0 Å². The average molecular weight is 349 g/mol. The summed E-state index contributed by atoms with van der Waals surface area (Å²) in [5, 5.41) is 22.0. The van der Waals surface area contributed by atoms with Gasteiger partial charge in [0.1, 0.15) is 11.9 Å². The van der Waals surface area contributed by atoms with E-state index in [0.29, 0.717) is 28.6 Å². The van der Waals surface area contributed by atoms with Gasteiger partial charge in [-0.3, -0.25) is 10.1 Å². The molecule has 0 spiro atoms. The highest BCUT2D eigenvalue weighted by Crippen LogP contribution is 2.42. The Bertz CT molecular complexity index is 751. The molecule has 1 unspecified atom stereocenters. The van der Waals surface area contributed by atoms with Crippen LogP contribution in [0.5, 0.6) is 23.0 Å². The van der Waals surface area contributed by atoms with Crippen LogP contribution in [0.4, 0.5) is 5.69 Å². The lowest BCUT2D eigenvalue weighted by atomic mass is 9.99. The molecule has 0 radical (unpaired) electrons. The van der Waals surface area contributed by atoms with Crippen molar-refractivity contribution in [2.75, 3.05) is 28.4 Å². The van der Waals surface area contributed by atoms with Gasteiger partial charge in [0.25, 0.3) is 5.69 Å². The van der Waals surface area contributed by atoms with Crippen molar-refractivity contribution in [2.45, 2.75) is 6.10 Å². The number of hydrogen-bond donors (Lipinski definition) is 1. The first kappa shape index (κ1) is 18.3. The summed E-state index contributed by atoms with van der Waals surface area (Å²) in [5.74, 6) is 1.37. The maximum atomic E-state index is 11.3. The minimum absolute atomic E-state index is 0.125. The highest BCUT2D eigenvalue weighted by atomic mass is 16.6. The van der Waals surface area contributed by atoms with Crippen LogP contribution in [0.2, 0.25) is 0 Å². The molecule has 2 rings (SSSR count). The molecular weight excluding hydrogens is 330 g/mol. The lowest BCUT2D eigenvalue weighted by molar-refractivity contribution is -0.386. The SMILES string of the molecule is COc1ccc(C(O)c2cc(OC)c(OC)c(OC)c2)c([N+](=O)[O-])c1. The molecule has 1 atom stereocenters. The Balaban J connectivity index is 2.58. The summed E-state index contributed by atoms with van der Waals surface area (Å²) in [6, 6.07) is 7.34. The standard InChI is InChI=1S/C17H19NO7/c1-22-11-5-6-12(13(9-11)18(20)21)16(19)10-7-14(23-2)17(25-4)15(8-10)24-3/h5-9,16,19H,1-4H3. The molecule has 8 heteroatoms. The van der Waals surface area contributed by atoms with Gasteiger partial charge in [0.05, 0.1) is 45.0 Å². The Morgan fingerprint density at radius 3 is 2.00 bits per heavy atom. The van der Waals surface area contributed by atoms with Crippen LogP contribution in [0.3, 0.4) is 0 Å². The molecule has 0 saturated heterocycles. The molecule has 0 saturated carbocycles. The van der Waals surface area contributed by atoms with Gasteiger partial charge in [-0.05, 0) is 29.8 Å². The van der Waals surface area contributed by atoms with Crippen LogP contribution < -0.4 is 18.9 Å². The summed E-state index contributed by atoms with van der Waals surface area (Å²) in [6.45, 7) is 0. The summed E-state index contributed by atoms with van der Waals surface area (Å²) in [5.41, 5.74) is 0.239. The molecular formula is C17H19NO7. The van der Waals surface area contributed by atoms with E-state index in [1.54, 1.807) is 18.2 Å². The predicted molar refractivity (Wildman–Crippen MR) is 89.8 cm³/mol. The van der Waals surface area contributed by atoms with Gasteiger partial charge in [-0.15, -0.1) is 0 Å². The summed E-state index contributed by atoms with van der Waals surface area (Å²) < 4.78 is 20.7. The highest BCUT2D eigenvalue weighted by molar-refractivity contribution is 5.57. The number of benzene rings is 2. The van der Waals surface area contributed by atoms with Crippen molar-refractivity contribution < 1.29 is 29.0 Å². The van der Waals surface area contributed by atoms with Crippen LogP contribution in [-0.4, -0.2) is 38.5 Å². The van der Waals surface area contributed by atoms with Crippen LogP contribution in [0, 0.1) is 10.1 Å². The number of nitro groups is 1. The van der Waals surface area contributed by atoms with Gasteiger partial charge in [0.2, 0.25) is 5.75 Å². The van der Waals surface area contributed by atoms with Gasteiger partial charge in [-0.2, -0.15) is 0 Å². The second kappa shape index (κ2) is 7.71. The molecule has 0 fully saturated rings. The first-order chi connectivity index (χ1) is 12.0. The maximum absolute atomic E-state index is 11.3. The van der Waals surface area contributed by atoms with Crippen molar-refractivity contribution in [3.8, 4) is 23.0 Å². The molecule has 0 aliphatic carbocycles. The fraction of sp³-hybridized carbons (Fsp3) is 0.294. The fourth-order valence-electron chi connectivity index (χ4n) is 2.48. The zero-order chi connectivity index (χ0) is 18.6. The Labute approximate surface area is 144 Å². The van der Waals surface area contributed by atoms with E-state index in [1.807, 2.05) is 0 Å². The lowest BCUT2D eigenvalue weighted by Gasteiger charge is -2.17. The third kappa shape index (κ3) is 3.58. The molecule has 0 aliphatic rings. The fourth-order valence-corrected chi connectivity index (χ4v) is 2.48. The minimum Gasteiger partial charge on any atom is -0.497 e. The van der Waals surface area contributed by atoms with Crippen molar-refractivity contribution in [3.05, 3.63) is 51.6 Å². The highest BCUT2D eigenvalue weighted by Gasteiger charge is 2.25. The second-order valence-corrected chi connectivity index (χ2v) is 5.04. The molecule has 1 N–H and O–H groups in total. The third-order valence-corrected chi connectivity index (χ3v) is 3.73. The normalized spacial score (nSPS) is 11.6. The van der Waals surface area contributed by atoms with E-state index >= 15 is 0 Å². The number of aliphatic hydroxyl groups excluding tert-OH is 1. The van der Waals surface area contributed by atoms with Crippen LogP contribution in [0.1, 0.15) is 17.2 Å². The minimum atomic E-state index is -1.26. The van der Waals surface area contributed by atoms with E-state index in [9.17, 15) is 15.2 Å². The zero-order valence-electron chi connectivity index (χ0n) is 14.3.